The zero-order valence-corrected chi connectivity index (χ0v) is 8.51. The van der Waals surface area contributed by atoms with Crippen LogP contribution in [0, 0.1) is 10.1 Å². The van der Waals surface area contributed by atoms with Crippen molar-refractivity contribution in [2.75, 3.05) is 0 Å². The molecule has 0 amide bonds. The van der Waals surface area contributed by atoms with Crippen LogP contribution in [0.3, 0.4) is 0 Å². The van der Waals surface area contributed by atoms with Crippen molar-refractivity contribution in [2.45, 2.75) is 4.21 Å². The predicted octanol–water partition coefficient (Wildman–Crippen LogP) is 2.80. The van der Waals surface area contributed by atoms with Gasteiger partial charge in [-0.15, -0.1) is 24.0 Å². The smallest absolute Gasteiger partial charge is 0.273 e. The molecule has 0 bridgehead atoms. The van der Waals surface area contributed by atoms with Gasteiger partial charge in [0.05, 0.1) is 19.9 Å². The minimum atomic E-state index is -0.533. The van der Waals surface area contributed by atoms with Gasteiger partial charge in [-0.3, -0.25) is 10.1 Å². The average molecular weight is 227 g/mol. The van der Waals surface area contributed by atoms with Crippen molar-refractivity contribution in [3.8, 4) is 5.75 Å². The molecular weight excluding hydrogens is 222 g/mol. The lowest BCUT2D eigenvalue weighted by molar-refractivity contribution is -0.384. The summed E-state index contributed by atoms with van der Waals surface area (Å²) in [4.78, 5) is 9.95. The third kappa shape index (κ3) is 1.42. The molecule has 0 unspecified atom stereocenters. The largest absolute Gasteiger partial charge is 0.506 e. The molecule has 6 heteroatoms. The molecule has 1 heterocycles. The Kier molecular flexibility index (Phi) is 2.09. The number of nitro groups is 1. The maximum absolute atomic E-state index is 10.5. The van der Waals surface area contributed by atoms with Gasteiger partial charge < -0.3 is 5.11 Å². The van der Waals surface area contributed by atoms with E-state index in [1.54, 1.807) is 6.07 Å². The molecule has 0 saturated carbocycles. The molecule has 14 heavy (non-hydrogen) atoms. The number of hydrogen-bond acceptors (Lipinski definition) is 5. The fourth-order valence-corrected chi connectivity index (χ4v) is 2.42. The van der Waals surface area contributed by atoms with Gasteiger partial charge in [-0.1, -0.05) is 0 Å². The molecule has 2 rings (SSSR count). The Labute approximate surface area is 88.4 Å². The van der Waals surface area contributed by atoms with Gasteiger partial charge in [-0.25, -0.2) is 0 Å². The number of thiol groups is 1. The summed E-state index contributed by atoms with van der Waals surface area (Å²) in [6, 6.07) is 4.26. The SMILES string of the molecule is O=[N+]([O-])c1cc(O)c2sc(S)cc2c1. The summed E-state index contributed by atoms with van der Waals surface area (Å²) in [7, 11) is 0. The number of thiophene rings is 1. The molecule has 0 spiro atoms. The van der Waals surface area contributed by atoms with Crippen molar-refractivity contribution in [2.24, 2.45) is 0 Å². The van der Waals surface area contributed by atoms with Gasteiger partial charge in [0.15, 0.2) is 0 Å². The number of phenols is 1. The standard InChI is InChI=1S/C8H5NO3S2/c10-6-3-5(9(11)12)1-4-2-7(13)14-8(4)6/h1-3,10,13H. The Balaban J connectivity index is 2.77. The van der Waals surface area contributed by atoms with Crippen LogP contribution in [0.25, 0.3) is 10.1 Å². The molecule has 0 aliphatic rings. The monoisotopic (exact) mass is 227 g/mol. The summed E-state index contributed by atoms with van der Waals surface area (Å²) in [6.45, 7) is 0. The second-order valence-electron chi connectivity index (χ2n) is 2.72. The van der Waals surface area contributed by atoms with Gasteiger partial charge in [0.2, 0.25) is 0 Å². The molecule has 4 nitrogen and oxygen atoms in total. The zero-order chi connectivity index (χ0) is 10.3. The number of nitrogens with zero attached hydrogens (tertiary/aromatic N) is 1. The highest BCUT2D eigenvalue weighted by atomic mass is 32.2. The van der Waals surface area contributed by atoms with Gasteiger partial charge in [-0.2, -0.15) is 0 Å². The molecule has 0 aliphatic carbocycles. The number of nitro benzene ring substituents is 1. The van der Waals surface area contributed by atoms with Gasteiger partial charge in [0, 0.05) is 11.5 Å². The number of phenolic OH excluding ortho intramolecular Hbond substituents is 1. The first-order valence-corrected chi connectivity index (χ1v) is 4.94. The molecule has 0 atom stereocenters. The van der Waals surface area contributed by atoms with E-state index in [4.69, 9.17) is 0 Å². The highest BCUT2D eigenvalue weighted by molar-refractivity contribution is 7.83. The number of benzene rings is 1. The summed E-state index contributed by atoms with van der Waals surface area (Å²) in [5.74, 6) is -0.0699. The van der Waals surface area contributed by atoms with Crippen LogP contribution in [0.5, 0.6) is 5.75 Å². The van der Waals surface area contributed by atoms with Crippen molar-refractivity contribution >= 4 is 39.7 Å². The second-order valence-corrected chi connectivity index (χ2v) is 4.56. The normalized spacial score (nSPS) is 10.6. The van der Waals surface area contributed by atoms with Crippen LogP contribution in [-0.4, -0.2) is 10.0 Å². The Morgan fingerprint density at radius 1 is 1.43 bits per heavy atom. The first-order chi connectivity index (χ1) is 6.58. The fraction of sp³-hybridized carbons (Fsp3) is 0. The van der Waals surface area contributed by atoms with E-state index in [0.29, 0.717) is 10.1 Å². The minimum Gasteiger partial charge on any atom is -0.506 e. The molecule has 1 aromatic carbocycles. The van der Waals surface area contributed by atoms with Crippen molar-refractivity contribution in [3.63, 3.8) is 0 Å². The van der Waals surface area contributed by atoms with Crippen molar-refractivity contribution in [3.05, 3.63) is 28.3 Å². The van der Waals surface area contributed by atoms with Gasteiger partial charge in [-0.05, 0) is 6.07 Å². The molecule has 0 radical (unpaired) electrons. The summed E-state index contributed by atoms with van der Waals surface area (Å²) in [6.07, 6.45) is 0. The molecule has 2 aromatic rings. The average Bonchev–Trinajstić information content (AvgIpc) is 2.45. The van der Waals surface area contributed by atoms with E-state index in [0.717, 1.165) is 10.3 Å². The van der Waals surface area contributed by atoms with Crippen LogP contribution in [0.1, 0.15) is 0 Å². The summed E-state index contributed by atoms with van der Waals surface area (Å²) >= 11 is 5.40. The predicted molar refractivity (Wildman–Crippen MR) is 57.4 cm³/mol. The van der Waals surface area contributed by atoms with E-state index < -0.39 is 4.92 Å². The quantitative estimate of drug-likeness (QED) is 0.447. The Bertz CT molecular complexity index is 521. The van der Waals surface area contributed by atoms with Gasteiger partial charge in [0.1, 0.15) is 5.75 Å². The van der Waals surface area contributed by atoms with Crippen molar-refractivity contribution in [1.29, 1.82) is 0 Å². The molecule has 1 aromatic heterocycles. The van der Waals surface area contributed by atoms with E-state index >= 15 is 0 Å². The molecule has 0 fully saturated rings. The van der Waals surface area contributed by atoms with Crippen LogP contribution in [0.4, 0.5) is 5.69 Å². The second kappa shape index (κ2) is 3.14. The number of non-ortho nitro benzene ring substituents is 1. The van der Waals surface area contributed by atoms with Crippen molar-refractivity contribution in [1.82, 2.24) is 0 Å². The maximum atomic E-state index is 10.5. The number of aromatic hydroxyl groups is 1. The highest BCUT2D eigenvalue weighted by Gasteiger charge is 2.12. The third-order valence-corrected chi connectivity index (χ3v) is 3.16. The number of hydrogen-bond donors (Lipinski definition) is 2. The molecule has 1 N–H and O–H groups in total. The summed E-state index contributed by atoms with van der Waals surface area (Å²) < 4.78 is 1.34. The lowest BCUT2D eigenvalue weighted by Crippen LogP contribution is -1.86. The van der Waals surface area contributed by atoms with E-state index in [1.807, 2.05) is 0 Å². The van der Waals surface area contributed by atoms with Crippen molar-refractivity contribution < 1.29 is 10.0 Å². The van der Waals surface area contributed by atoms with E-state index in [-0.39, 0.29) is 11.4 Å². The molecular formula is C8H5NO3S2. The number of rotatable bonds is 1. The topological polar surface area (TPSA) is 63.4 Å². The van der Waals surface area contributed by atoms with Crippen LogP contribution in [-0.2, 0) is 0 Å². The zero-order valence-electron chi connectivity index (χ0n) is 6.80. The Morgan fingerprint density at radius 2 is 2.14 bits per heavy atom. The first-order valence-electron chi connectivity index (χ1n) is 3.68. The Morgan fingerprint density at radius 3 is 2.79 bits per heavy atom. The summed E-state index contributed by atoms with van der Waals surface area (Å²) in [5, 5.41) is 20.6. The van der Waals surface area contributed by atoms with Gasteiger partial charge >= 0.3 is 0 Å². The van der Waals surface area contributed by atoms with Gasteiger partial charge in [0.25, 0.3) is 5.69 Å². The lowest BCUT2D eigenvalue weighted by atomic mass is 10.2. The summed E-state index contributed by atoms with van der Waals surface area (Å²) in [5.41, 5.74) is -0.110. The third-order valence-electron chi connectivity index (χ3n) is 1.78. The highest BCUT2D eigenvalue weighted by Crippen LogP contribution is 2.37. The van der Waals surface area contributed by atoms with E-state index in [1.165, 1.54) is 17.4 Å². The molecule has 72 valence electrons. The molecule has 0 aliphatic heterocycles. The van der Waals surface area contributed by atoms with Crippen LogP contribution in [0.15, 0.2) is 22.4 Å². The maximum Gasteiger partial charge on any atom is 0.273 e. The lowest BCUT2D eigenvalue weighted by Gasteiger charge is -1.94. The van der Waals surface area contributed by atoms with E-state index in [9.17, 15) is 15.2 Å². The minimum absolute atomic E-state index is 0.0699. The van der Waals surface area contributed by atoms with Crippen LogP contribution in [0.2, 0.25) is 0 Å². The van der Waals surface area contributed by atoms with E-state index in [2.05, 4.69) is 12.6 Å². The Hall–Kier alpha value is -1.27. The first kappa shape index (κ1) is 9.29. The fourth-order valence-electron chi connectivity index (χ4n) is 1.21. The molecule has 0 saturated heterocycles. The van der Waals surface area contributed by atoms with Crippen LogP contribution < -0.4 is 0 Å². The number of fused-ring (bicyclic) bond motifs is 1. The van der Waals surface area contributed by atoms with Crippen LogP contribution >= 0.6 is 24.0 Å².